The highest BCUT2D eigenvalue weighted by atomic mass is 16.6. The minimum Gasteiger partial charge on any atom is -0.450 e. The lowest BCUT2D eigenvalue weighted by Gasteiger charge is -2.35. The summed E-state index contributed by atoms with van der Waals surface area (Å²) < 4.78 is 6.60. The molecule has 0 saturated carbocycles. The van der Waals surface area contributed by atoms with E-state index in [0.29, 0.717) is 32.1 Å². The molecule has 166 valence electrons. The van der Waals surface area contributed by atoms with Gasteiger partial charge in [-0.25, -0.2) is 14.5 Å². The van der Waals surface area contributed by atoms with Crippen LogP contribution in [0.3, 0.4) is 0 Å². The summed E-state index contributed by atoms with van der Waals surface area (Å²) in [6, 6.07) is 3.84. The number of hydrogen-bond donors (Lipinski definition) is 1. The summed E-state index contributed by atoms with van der Waals surface area (Å²) in [5.41, 5.74) is 0. The Morgan fingerprint density at radius 2 is 1.90 bits per heavy atom. The van der Waals surface area contributed by atoms with Crippen molar-refractivity contribution in [3.63, 3.8) is 0 Å². The third kappa shape index (κ3) is 5.09. The third-order valence-electron chi connectivity index (χ3n) is 5.77. The molecule has 0 aromatic carbocycles. The van der Waals surface area contributed by atoms with Crippen molar-refractivity contribution in [2.75, 3.05) is 37.7 Å². The van der Waals surface area contributed by atoms with Gasteiger partial charge >= 0.3 is 6.09 Å². The van der Waals surface area contributed by atoms with Crippen LogP contribution in [0.4, 0.5) is 10.6 Å². The molecule has 2 aromatic heterocycles. The average Bonchev–Trinajstić information content (AvgIpc) is 3.35. The predicted molar refractivity (Wildman–Crippen MR) is 112 cm³/mol. The van der Waals surface area contributed by atoms with E-state index in [2.05, 4.69) is 30.5 Å². The van der Waals surface area contributed by atoms with E-state index in [1.807, 2.05) is 12.1 Å². The second kappa shape index (κ2) is 9.71. The minimum absolute atomic E-state index is 0.0754. The van der Waals surface area contributed by atoms with Crippen LogP contribution in [-0.2, 0) is 9.53 Å². The highest BCUT2D eigenvalue weighted by Gasteiger charge is 2.30. The number of carbonyl (C=O) groups excluding carboxylic acids is 2. The summed E-state index contributed by atoms with van der Waals surface area (Å²) in [4.78, 5) is 32.4. The molecule has 4 rings (SSSR count). The van der Waals surface area contributed by atoms with Gasteiger partial charge in [-0.3, -0.25) is 4.79 Å². The van der Waals surface area contributed by atoms with E-state index in [0.717, 1.165) is 38.0 Å². The van der Waals surface area contributed by atoms with Gasteiger partial charge in [0.1, 0.15) is 12.7 Å². The van der Waals surface area contributed by atoms with Crippen LogP contribution in [-0.4, -0.2) is 80.7 Å². The van der Waals surface area contributed by atoms with Gasteiger partial charge in [0.05, 0.1) is 12.5 Å². The average molecular weight is 428 g/mol. The lowest BCUT2D eigenvalue weighted by atomic mass is 9.95. The van der Waals surface area contributed by atoms with Crippen LogP contribution in [0.15, 0.2) is 24.8 Å². The van der Waals surface area contributed by atoms with Gasteiger partial charge in [-0.2, -0.15) is 5.10 Å². The Morgan fingerprint density at radius 1 is 1.13 bits per heavy atom. The molecule has 4 heterocycles. The zero-order valence-corrected chi connectivity index (χ0v) is 17.7. The maximum atomic E-state index is 12.9. The zero-order chi connectivity index (χ0) is 21.6. The maximum absolute atomic E-state index is 12.9. The molecule has 0 radical (unpaired) electrons. The SMILES string of the molecule is CCOC(=O)N1CCC(NC(=O)C2CCCN(c3ccc(-n4cncn4)nn3)C2)CC1. The molecule has 11 nitrogen and oxygen atoms in total. The Bertz CT molecular complexity index is 865. The smallest absolute Gasteiger partial charge is 0.409 e. The first kappa shape index (κ1) is 21.0. The highest BCUT2D eigenvalue weighted by Crippen LogP contribution is 2.22. The van der Waals surface area contributed by atoms with Crippen LogP contribution in [0.5, 0.6) is 0 Å². The summed E-state index contributed by atoms with van der Waals surface area (Å²) in [5, 5.41) is 15.8. The molecule has 2 aliphatic heterocycles. The zero-order valence-electron chi connectivity index (χ0n) is 17.7. The molecular weight excluding hydrogens is 400 g/mol. The Kier molecular flexibility index (Phi) is 6.58. The molecule has 2 aromatic rings. The number of aromatic nitrogens is 5. The lowest BCUT2D eigenvalue weighted by molar-refractivity contribution is -0.126. The third-order valence-corrected chi connectivity index (χ3v) is 5.77. The van der Waals surface area contributed by atoms with E-state index in [-0.39, 0.29) is 24.0 Å². The van der Waals surface area contributed by atoms with Gasteiger partial charge in [-0.05, 0) is 44.7 Å². The van der Waals surface area contributed by atoms with Gasteiger partial charge in [-0.1, -0.05) is 0 Å². The van der Waals surface area contributed by atoms with Gasteiger partial charge in [0.25, 0.3) is 0 Å². The molecular formula is C20H28N8O3. The molecule has 2 saturated heterocycles. The van der Waals surface area contributed by atoms with Crippen LogP contribution in [0.2, 0.25) is 0 Å². The topological polar surface area (TPSA) is 118 Å². The van der Waals surface area contributed by atoms with Crippen LogP contribution in [0.25, 0.3) is 5.82 Å². The van der Waals surface area contributed by atoms with Crippen LogP contribution in [0, 0.1) is 5.92 Å². The van der Waals surface area contributed by atoms with Crippen LogP contribution < -0.4 is 10.2 Å². The normalized spacial score (nSPS) is 19.8. The molecule has 2 aliphatic rings. The Hall–Kier alpha value is -3.24. The van der Waals surface area contributed by atoms with Crippen molar-refractivity contribution in [1.29, 1.82) is 0 Å². The number of hydrogen-bond acceptors (Lipinski definition) is 8. The molecule has 0 spiro atoms. The maximum Gasteiger partial charge on any atom is 0.409 e. The molecule has 1 unspecified atom stereocenters. The fraction of sp³-hybridized carbons (Fsp3) is 0.600. The summed E-state index contributed by atoms with van der Waals surface area (Å²) in [7, 11) is 0. The number of ether oxygens (including phenoxy) is 1. The van der Waals surface area contributed by atoms with Gasteiger partial charge in [-0.15, -0.1) is 10.2 Å². The lowest BCUT2D eigenvalue weighted by Crippen LogP contribution is -2.50. The predicted octanol–water partition coefficient (Wildman–Crippen LogP) is 1.01. The first-order valence-corrected chi connectivity index (χ1v) is 10.8. The number of piperidine rings is 2. The van der Waals surface area contributed by atoms with Crippen LogP contribution in [0.1, 0.15) is 32.6 Å². The van der Waals surface area contributed by atoms with Crippen molar-refractivity contribution in [1.82, 2.24) is 35.2 Å². The molecule has 31 heavy (non-hydrogen) atoms. The minimum atomic E-state index is -0.272. The molecule has 0 aliphatic carbocycles. The molecule has 2 fully saturated rings. The van der Waals surface area contributed by atoms with Crippen molar-refractivity contribution < 1.29 is 14.3 Å². The first-order valence-electron chi connectivity index (χ1n) is 10.8. The summed E-state index contributed by atoms with van der Waals surface area (Å²) in [6.07, 6.45) is 6.02. The number of anilines is 1. The number of likely N-dealkylation sites (tertiary alicyclic amines) is 1. The van der Waals surface area contributed by atoms with E-state index >= 15 is 0 Å². The molecule has 2 amide bonds. The van der Waals surface area contributed by atoms with Crippen molar-refractivity contribution in [3.05, 3.63) is 24.8 Å². The van der Waals surface area contributed by atoms with Gasteiger partial charge in [0.2, 0.25) is 5.91 Å². The van der Waals surface area contributed by atoms with E-state index < -0.39 is 0 Å². The standard InChI is InChI=1S/C20H28N8O3/c1-2-31-20(30)26-10-7-16(8-11-26)23-19(29)15-4-3-9-27(12-15)17-5-6-18(25-24-17)28-14-21-13-22-28/h5-6,13-16H,2-4,7-12H2,1H3,(H,23,29). The monoisotopic (exact) mass is 428 g/mol. The van der Waals surface area contributed by atoms with E-state index in [4.69, 9.17) is 4.74 Å². The Morgan fingerprint density at radius 3 is 2.58 bits per heavy atom. The van der Waals surface area contributed by atoms with Gasteiger partial charge < -0.3 is 19.9 Å². The van der Waals surface area contributed by atoms with Crippen molar-refractivity contribution in [2.45, 2.75) is 38.6 Å². The molecule has 0 bridgehead atoms. The fourth-order valence-electron chi connectivity index (χ4n) is 4.08. The number of rotatable bonds is 5. The van der Waals surface area contributed by atoms with E-state index in [1.165, 1.54) is 6.33 Å². The second-order valence-electron chi connectivity index (χ2n) is 7.84. The summed E-state index contributed by atoms with van der Waals surface area (Å²) >= 11 is 0. The quantitative estimate of drug-likeness (QED) is 0.750. The Labute approximate surface area is 180 Å². The highest BCUT2D eigenvalue weighted by molar-refractivity contribution is 5.80. The van der Waals surface area contributed by atoms with Gasteiger partial charge in [0.15, 0.2) is 11.6 Å². The second-order valence-corrected chi connectivity index (χ2v) is 7.84. The summed E-state index contributed by atoms with van der Waals surface area (Å²) in [6.45, 7) is 4.85. The van der Waals surface area contributed by atoms with E-state index in [1.54, 1.807) is 22.8 Å². The first-order chi connectivity index (χ1) is 15.1. The molecule has 1 N–H and O–H groups in total. The number of nitrogens with zero attached hydrogens (tertiary/aromatic N) is 7. The number of amides is 2. The Balaban J connectivity index is 1.28. The fourth-order valence-corrected chi connectivity index (χ4v) is 4.08. The van der Waals surface area contributed by atoms with Crippen molar-refractivity contribution in [3.8, 4) is 5.82 Å². The van der Waals surface area contributed by atoms with E-state index in [9.17, 15) is 9.59 Å². The number of carbonyl (C=O) groups is 2. The van der Waals surface area contributed by atoms with Crippen molar-refractivity contribution >= 4 is 17.8 Å². The van der Waals surface area contributed by atoms with Gasteiger partial charge in [0, 0.05) is 32.2 Å². The molecule has 11 heteroatoms. The largest absolute Gasteiger partial charge is 0.450 e. The molecule has 1 atom stereocenters. The number of nitrogens with one attached hydrogen (secondary N) is 1. The van der Waals surface area contributed by atoms with Crippen molar-refractivity contribution in [2.24, 2.45) is 5.92 Å². The van der Waals surface area contributed by atoms with Crippen LogP contribution >= 0.6 is 0 Å². The summed E-state index contributed by atoms with van der Waals surface area (Å²) in [5.74, 6) is 1.34.